The summed E-state index contributed by atoms with van der Waals surface area (Å²) in [5.74, 6) is 1.89. The topological polar surface area (TPSA) is 29.8 Å². The highest BCUT2D eigenvalue weighted by atomic mass is 35.5. The third-order valence-electron chi connectivity index (χ3n) is 3.62. The minimum absolute atomic E-state index is 0.741. The number of halogens is 1. The van der Waals surface area contributed by atoms with Gasteiger partial charge in [-0.3, -0.25) is 0 Å². The highest BCUT2D eigenvalue weighted by molar-refractivity contribution is 6.30. The zero-order chi connectivity index (χ0) is 15.2. The van der Waals surface area contributed by atoms with E-state index in [4.69, 9.17) is 16.0 Å². The fourth-order valence-corrected chi connectivity index (χ4v) is 2.54. The molecule has 1 heterocycles. The van der Waals surface area contributed by atoms with Crippen molar-refractivity contribution in [2.24, 2.45) is 0 Å². The molecule has 112 valence electrons. The van der Waals surface area contributed by atoms with E-state index in [-0.39, 0.29) is 0 Å². The maximum atomic E-state index is 5.90. The van der Waals surface area contributed by atoms with Gasteiger partial charge in [0, 0.05) is 17.0 Å². The molecule has 0 bridgehead atoms. The summed E-state index contributed by atoms with van der Waals surface area (Å²) in [6.07, 6.45) is 1.07. The van der Waals surface area contributed by atoms with Gasteiger partial charge < -0.3 is 9.73 Å². The molecule has 0 fully saturated rings. The molecule has 0 aliphatic heterocycles. The summed E-state index contributed by atoms with van der Waals surface area (Å²) in [5.41, 5.74) is 2.43. The van der Waals surface area contributed by atoms with Gasteiger partial charge in [-0.05, 0) is 42.0 Å². The first-order chi connectivity index (χ1) is 10.8. The number of rotatable bonds is 6. The molecule has 3 rings (SSSR count). The fraction of sp³-hybridized carbons (Fsp3) is 0.158. The number of benzene rings is 2. The molecule has 0 aliphatic rings. The molecule has 0 aliphatic carbocycles. The lowest BCUT2D eigenvalue weighted by atomic mass is 10.1. The van der Waals surface area contributed by atoms with Gasteiger partial charge in [0.2, 0.25) is 0 Å². The number of hydrogen-bond acceptors (Lipinski definition) is 1. The average Bonchev–Trinajstić information content (AvgIpc) is 3.02. The molecule has 0 saturated carbocycles. The van der Waals surface area contributed by atoms with E-state index < -0.39 is 0 Å². The van der Waals surface area contributed by atoms with Crippen molar-refractivity contribution in [3.05, 3.63) is 83.1 Å². The molecular formula is C19H19ClNO+. The van der Waals surface area contributed by atoms with Gasteiger partial charge in [-0.25, -0.2) is 0 Å². The molecule has 2 nitrogen and oxygen atoms in total. The predicted molar refractivity (Wildman–Crippen MR) is 89.8 cm³/mol. The molecule has 2 aromatic carbocycles. The number of quaternary nitrogens is 1. The summed E-state index contributed by atoms with van der Waals surface area (Å²) in [7, 11) is 0. The van der Waals surface area contributed by atoms with E-state index in [0.29, 0.717) is 0 Å². The molecular weight excluding hydrogens is 294 g/mol. The van der Waals surface area contributed by atoms with Crippen LogP contribution in [0.2, 0.25) is 5.02 Å². The Bertz CT molecular complexity index is 704. The molecule has 0 radical (unpaired) electrons. The monoisotopic (exact) mass is 312 g/mol. The van der Waals surface area contributed by atoms with E-state index in [9.17, 15) is 0 Å². The first-order valence-corrected chi connectivity index (χ1v) is 7.89. The van der Waals surface area contributed by atoms with Crippen molar-refractivity contribution in [1.82, 2.24) is 0 Å². The minimum Gasteiger partial charge on any atom is -0.455 e. The van der Waals surface area contributed by atoms with Crippen LogP contribution in [0, 0.1) is 0 Å². The quantitative estimate of drug-likeness (QED) is 0.687. The third kappa shape index (κ3) is 4.00. The lowest BCUT2D eigenvalue weighted by Crippen LogP contribution is -2.83. The molecule has 0 amide bonds. The van der Waals surface area contributed by atoms with Gasteiger partial charge in [-0.15, -0.1) is 0 Å². The Morgan fingerprint density at radius 1 is 0.864 bits per heavy atom. The van der Waals surface area contributed by atoms with E-state index in [1.54, 1.807) is 0 Å². The van der Waals surface area contributed by atoms with Gasteiger partial charge in [0.15, 0.2) is 5.76 Å². The molecule has 0 spiro atoms. The lowest BCUT2D eigenvalue weighted by Gasteiger charge is -2.01. The van der Waals surface area contributed by atoms with Crippen molar-refractivity contribution in [2.75, 3.05) is 6.54 Å². The first kappa shape index (κ1) is 14.9. The van der Waals surface area contributed by atoms with Crippen molar-refractivity contribution >= 4 is 11.6 Å². The maximum absolute atomic E-state index is 5.90. The summed E-state index contributed by atoms with van der Waals surface area (Å²) in [6.45, 7) is 1.92. The Morgan fingerprint density at radius 2 is 1.64 bits per heavy atom. The second kappa shape index (κ2) is 7.30. The van der Waals surface area contributed by atoms with Crippen molar-refractivity contribution in [3.63, 3.8) is 0 Å². The Hall–Kier alpha value is -2.03. The number of furan rings is 1. The Morgan fingerprint density at radius 3 is 2.41 bits per heavy atom. The first-order valence-electron chi connectivity index (χ1n) is 7.51. The standard InChI is InChI=1S/C19H18ClNO/c20-17-8-6-16(7-9-17)19-11-10-18(22-19)14-21-13-12-15-4-2-1-3-5-15/h1-11,21H,12-14H2/p+1. The molecule has 3 aromatic rings. The second-order valence-corrected chi connectivity index (χ2v) is 5.73. The highest BCUT2D eigenvalue weighted by Crippen LogP contribution is 2.23. The van der Waals surface area contributed by atoms with E-state index in [0.717, 1.165) is 41.6 Å². The van der Waals surface area contributed by atoms with E-state index in [2.05, 4.69) is 29.6 Å². The van der Waals surface area contributed by atoms with Crippen LogP contribution in [0.15, 0.2) is 71.1 Å². The largest absolute Gasteiger partial charge is 0.455 e. The zero-order valence-corrected chi connectivity index (χ0v) is 13.1. The average molecular weight is 313 g/mol. The Balaban J connectivity index is 1.50. The molecule has 0 atom stereocenters. The molecule has 3 heteroatoms. The van der Waals surface area contributed by atoms with Gasteiger partial charge in [0.05, 0.1) is 6.54 Å². The van der Waals surface area contributed by atoms with Crippen LogP contribution in [0.3, 0.4) is 0 Å². The van der Waals surface area contributed by atoms with Gasteiger partial charge in [-0.2, -0.15) is 0 Å². The molecule has 0 unspecified atom stereocenters. The van der Waals surface area contributed by atoms with Crippen molar-refractivity contribution in [2.45, 2.75) is 13.0 Å². The molecule has 0 saturated heterocycles. The molecule has 1 aromatic heterocycles. The number of nitrogens with two attached hydrogens (primary N) is 1. The van der Waals surface area contributed by atoms with Crippen LogP contribution in [-0.4, -0.2) is 6.54 Å². The van der Waals surface area contributed by atoms with Gasteiger partial charge in [0.25, 0.3) is 0 Å². The van der Waals surface area contributed by atoms with Crippen LogP contribution >= 0.6 is 11.6 Å². The normalized spacial score (nSPS) is 10.8. The SMILES string of the molecule is Clc1ccc(-c2ccc(C[NH2+]CCc3ccccc3)o2)cc1. The molecule has 2 N–H and O–H groups in total. The van der Waals surface area contributed by atoms with Gasteiger partial charge in [0.1, 0.15) is 12.3 Å². The van der Waals surface area contributed by atoms with Crippen molar-refractivity contribution in [3.8, 4) is 11.3 Å². The van der Waals surface area contributed by atoms with Crippen LogP contribution in [0.5, 0.6) is 0 Å². The minimum atomic E-state index is 0.741. The van der Waals surface area contributed by atoms with Crippen molar-refractivity contribution in [1.29, 1.82) is 0 Å². The zero-order valence-electron chi connectivity index (χ0n) is 12.3. The van der Waals surface area contributed by atoms with Crippen LogP contribution in [0.4, 0.5) is 0 Å². The Labute approximate surface area is 135 Å². The van der Waals surface area contributed by atoms with E-state index in [1.807, 2.05) is 42.5 Å². The number of hydrogen-bond donors (Lipinski definition) is 1. The maximum Gasteiger partial charge on any atom is 0.158 e. The predicted octanol–water partition coefficient (Wildman–Crippen LogP) is 3.91. The fourth-order valence-electron chi connectivity index (χ4n) is 2.41. The summed E-state index contributed by atoms with van der Waals surface area (Å²) in [6, 6.07) is 22.3. The Kier molecular flexibility index (Phi) is 4.94. The van der Waals surface area contributed by atoms with Crippen LogP contribution in [0.25, 0.3) is 11.3 Å². The van der Waals surface area contributed by atoms with Crippen LogP contribution in [0.1, 0.15) is 11.3 Å². The summed E-state index contributed by atoms with van der Waals surface area (Å²) in [4.78, 5) is 0. The van der Waals surface area contributed by atoms with Crippen LogP contribution in [-0.2, 0) is 13.0 Å². The second-order valence-electron chi connectivity index (χ2n) is 5.29. The smallest absolute Gasteiger partial charge is 0.158 e. The van der Waals surface area contributed by atoms with E-state index in [1.165, 1.54) is 5.56 Å². The lowest BCUT2D eigenvalue weighted by molar-refractivity contribution is -0.671. The highest BCUT2D eigenvalue weighted by Gasteiger charge is 2.06. The molecule has 22 heavy (non-hydrogen) atoms. The van der Waals surface area contributed by atoms with Gasteiger partial charge in [-0.1, -0.05) is 41.9 Å². The van der Waals surface area contributed by atoms with Gasteiger partial charge >= 0.3 is 0 Å². The third-order valence-corrected chi connectivity index (χ3v) is 3.87. The van der Waals surface area contributed by atoms with Crippen LogP contribution < -0.4 is 5.32 Å². The van der Waals surface area contributed by atoms with E-state index >= 15 is 0 Å². The summed E-state index contributed by atoms with van der Waals surface area (Å²) in [5, 5.41) is 3.02. The summed E-state index contributed by atoms with van der Waals surface area (Å²) < 4.78 is 5.89. The van der Waals surface area contributed by atoms with Crippen molar-refractivity contribution < 1.29 is 9.73 Å². The summed E-state index contributed by atoms with van der Waals surface area (Å²) >= 11 is 5.90.